The third kappa shape index (κ3) is 7.58. The zero-order valence-electron chi connectivity index (χ0n) is 14.2. The van der Waals surface area contributed by atoms with Crippen LogP contribution in [0.15, 0.2) is 18.2 Å². The number of rotatable bonds is 4. The van der Waals surface area contributed by atoms with E-state index in [9.17, 15) is 9.18 Å². The summed E-state index contributed by atoms with van der Waals surface area (Å²) in [6, 6.07) is 4.79. The summed E-state index contributed by atoms with van der Waals surface area (Å²) >= 11 is 0. The summed E-state index contributed by atoms with van der Waals surface area (Å²) in [7, 11) is 0. The van der Waals surface area contributed by atoms with Gasteiger partial charge in [0.15, 0.2) is 0 Å². The van der Waals surface area contributed by atoms with E-state index < -0.39 is 0 Å². The van der Waals surface area contributed by atoms with Crippen molar-refractivity contribution in [2.24, 2.45) is 5.92 Å². The number of carbonyl (C=O) groups is 1. The van der Waals surface area contributed by atoms with Gasteiger partial charge in [-0.2, -0.15) is 0 Å². The summed E-state index contributed by atoms with van der Waals surface area (Å²) in [6.45, 7) is 6.34. The van der Waals surface area contributed by atoms with Crippen LogP contribution in [0.1, 0.15) is 63.0 Å². The van der Waals surface area contributed by atoms with Crippen molar-refractivity contribution in [1.29, 1.82) is 0 Å². The predicted molar refractivity (Wildman–Crippen MR) is 88.3 cm³/mol. The van der Waals surface area contributed by atoms with Crippen molar-refractivity contribution in [3.8, 4) is 0 Å². The van der Waals surface area contributed by atoms with Crippen molar-refractivity contribution in [3.63, 3.8) is 0 Å². The molecule has 1 aliphatic rings. The second-order valence-electron chi connectivity index (χ2n) is 6.10. The molecule has 0 radical (unpaired) electrons. The molecular formula is C19H29FO2. The first kappa shape index (κ1) is 18.7. The Labute approximate surface area is 134 Å². The standard InChI is InChI=1S/C11H20O2.C8H9F/c1-2-11(12)13-9-8-10-6-4-3-5-7-10;1-6-3-4-8(9)5-7(6)2/h10H,2-9H2,1H3;3-5H,1-2H3. The number of halogens is 1. The number of carbonyl (C=O) groups excluding carboxylic acids is 1. The molecule has 0 aromatic heterocycles. The Balaban J connectivity index is 0.000000235. The molecule has 0 amide bonds. The highest BCUT2D eigenvalue weighted by Crippen LogP contribution is 2.26. The minimum atomic E-state index is -0.155. The van der Waals surface area contributed by atoms with Crippen LogP contribution in [-0.2, 0) is 9.53 Å². The molecule has 1 aromatic rings. The SMILES string of the molecule is CCC(=O)OCCC1CCCCC1.Cc1ccc(F)cc1C. The van der Waals surface area contributed by atoms with Crippen LogP contribution in [0.2, 0.25) is 0 Å². The van der Waals surface area contributed by atoms with Crippen molar-refractivity contribution < 1.29 is 13.9 Å². The maximum Gasteiger partial charge on any atom is 0.305 e. The Bertz CT molecular complexity index is 451. The van der Waals surface area contributed by atoms with Gasteiger partial charge in [0, 0.05) is 6.42 Å². The molecule has 1 aromatic carbocycles. The van der Waals surface area contributed by atoms with Gasteiger partial charge in [0.05, 0.1) is 6.61 Å². The average molecular weight is 308 g/mol. The zero-order chi connectivity index (χ0) is 16.4. The molecule has 22 heavy (non-hydrogen) atoms. The van der Waals surface area contributed by atoms with Crippen LogP contribution in [0, 0.1) is 25.6 Å². The van der Waals surface area contributed by atoms with Gasteiger partial charge < -0.3 is 4.74 Å². The maximum atomic E-state index is 12.3. The molecule has 2 rings (SSSR count). The summed E-state index contributed by atoms with van der Waals surface area (Å²) < 4.78 is 17.4. The average Bonchev–Trinajstić information content (AvgIpc) is 2.53. The number of hydrogen-bond donors (Lipinski definition) is 0. The van der Waals surface area contributed by atoms with Gasteiger partial charge in [0.25, 0.3) is 0 Å². The van der Waals surface area contributed by atoms with Gasteiger partial charge in [-0.25, -0.2) is 4.39 Å². The molecule has 0 atom stereocenters. The van der Waals surface area contributed by atoms with Gasteiger partial charge in [-0.05, 0) is 49.4 Å². The van der Waals surface area contributed by atoms with Crippen molar-refractivity contribution in [3.05, 3.63) is 35.1 Å². The Kier molecular flexibility index (Phi) is 8.79. The minimum absolute atomic E-state index is 0.0594. The number of benzene rings is 1. The molecule has 124 valence electrons. The lowest BCUT2D eigenvalue weighted by atomic mass is 9.87. The number of ether oxygens (including phenoxy) is 1. The highest BCUT2D eigenvalue weighted by molar-refractivity contribution is 5.68. The van der Waals surface area contributed by atoms with Crippen molar-refractivity contribution in [2.45, 2.75) is 65.7 Å². The van der Waals surface area contributed by atoms with Gasteiger partial charge in [-0.1, -0.05) is 45.1 Å². The molecule has 0 spiro atoms. The van der Waals surface area contributed by atoms with Crippen LogP contribution in [0.25, 0.3) is 0 Å². The first-order chi connectivity index (χ1) is 10.5. The van der Waals surface area contributed by atoms with E-state index in [0.29, 0.717) is 13.0 Å². The normalized spacial score (nSPS) is 14.9. The lowest BCUT2D eigenvalue weighted by Gasteiger charge is -2.20. The third-order valence-electron chi connectivity index (χ3n) is 4.27. The Morgan fingerprint density at radius 2 is 1.86 bits per heavy atom. The fourth-order valence-electron chi connectivity index (χ4n) is 2.62. The second kappa shape index (κ2) is 10.4. The van der Waals surface area contributed by atoms with Gasteiger partial charge >= 0.3 is 5.97 Å². The molecule has 1 fully saturated rings. The zero-order valence-corrected chi connectivity index (χ0v) is 14.2. The van der Waals surface area contributed by atoms with Gasteiger partial charge in [-0.15, -0.1) is 0 Å². The van der Waals surface area contributed by atoms with E-state index in [4.69, 9.17) is 4.74 Å². The van der Waals surface area contributed by atoms with Crippen LogP contribution in [0.4, 0.5) is 4.39 Å². The third-order valence-corrected chi connectivity index (χ3v) is 4.27. The van der Waals surface area contributed by atoms with Crippen molar-refractivity contribution in [1.82, 2.24) is 0 Å². The van der Waals surface area contributed by atoms with Gasteiger partial charge in [0.1, 0.15) is 5.82 Å². The van der Waals surface area contributed by atoms with Gasteiger partial charge in [0.2, 0.25) is 0 Å². The summed E-state index contributed by atoms with van der Waals surface area (Å²) in [5, 5.41) is 0. The van der Waals surface area contributed by atoms with E-state index in [2.05, 4.69) is 0 Å². The Hall–Kier alpha value is -1.38. The molecule has 0 bridgehead atoms. The van der Waals surface area contributed by atoms with E-state index >= 15 is 0 Å². The van der Waals surface area contributed by atoms with Crippen molar-refractivity contribution >= 4 is 5.97 Å². The van der Waals surface area contributed by atoms with Crippen LogP contribution < -0.4 is 0 Å². The largest absolute Gasteiger partial charge is 0.466 e. The van der Waals surface area contributed by atoms with Gasteiger partial charge in [-0.3, -0.25) is 4.79 Å². The Morgan fingerprint density at radius 3 is 2.41 bits per heavy atom. The summed E-state index contributed by atoms with van der Waals surface area (Å²) in [5.74, 6) is 0.604. The molecule has 1 aliphatic carbocycles. The highest BCUT2D eigenvalue weighted by Gasteiger charge is 2.13. The lowest BCUT2D eigenvalue weighted by molar-refractivity contribution is -0.143. The first-order valence-electron chi connectivity index (χ1n) is 8.41. The summed E-state index contributed by atoms with van der Waals surface area (Å²) in [4.78, 5) is 10.8. The van der Waals surface area contributed by atoms with Crippen LogP contribution in [-0.4, -0.2) is 12.6 Å². The monoisotopic (exact) mass is 308 g/mol. The quantitative estimate of drug-likeness (QED) is 0.701. The summed E-state index contributed by atoms with van der Waals surface area (Å²) in [5.41, 5.74) is 2.14. The van der Waals surface area contributed by atoms with E-state index in [-0.39, 0.29) is 11.8 Å². The van der Waals surface area contributed by atoms with E-state index in [0.717, 1.165) is 23.5 Å². The number of esters is 1. The second-order valence-corrected chi connectivity index (χ2v) is 6.10. The smallest absolute Gasteiger partial charge is 0.305 e. The topological polar surface area (TPSA) is 26.3 Å². The molecule has 2 nitrogen and oxygen atoms in total. The highest BCUT2D eigenvalue weighted by atomic mass is 19.1. The van der Waals surface area contributed by atoms with E-state index in [1.54, 1.807) is 6.07 Å². The summed E-state index contributed by atoms with van der Waals surface area (Å²) in [6.07, 6.45) is 8.38. The predicted octanol–water partition coefficient (Wildman–Crippen LogP) is 5.35. The van der Waals surface area contributed by atoms with Crippen LogP contribution in [0.3, 0.4) is 0 Å². The fourth-order valence-corrected chi connectivity index (χ4v) is 2.62. The van der Waals surface area contributed by atoms with Crippen molar-refractivity contribution in [2.75, 3.05) is 6.61 Å². The number of hydrogen-bond acceptors (Lipinski definition) is 2. The molecule has 1 saturated carbocycles. The molecule has 0 N–H and O–H groups in total. The van der Waals surface area contributed by atoms with E-state index in [1.165, 1.54) is 44.2 Å². The van der Waals surface area contributed by atoms with Crippen LogP contribution >= 0.6 is 0 Å². The molecular weight excluding hydrogens is 279 g/mol. The number of aryl methyl sites for hydroxylation is 2. The minimum Gasteiger partial charge on any atom is -0.466 e. The molecule has 0 aliphatic heterocycles. The fraction of sp³-hybridized carbons (Fsp3) is 0.632. The molecule has 0 saturated heterocycles. The Morgan fingerprint density at radius 1 is 1.18 bits per heavy atom. The van der Waals surface area contributed by atoms with E-state index in [1.807, 2.05) is 20.8 Å². The lowest BCUT2D eigenvalue weighted by Crippen LogP contribution is -2.11. The maximum absolute atomic E-state index is 12.3. The molecule has 0 heterocycles. The van der Waals surface area contributed by atoms with Crippen LogP contribution in [0.5, 0.6) is 0 Å². The molecule has 3 heteroatoms. The first-order valence-corrected chi connectivity index (χ1v) is 8.41. The molecule has 0 unspecified atom stereocenters.